The molecule has 1 fully saturated rings. The largest absolute Gasteiger partial charge is 0.365 e. The zero-order chi connectivity index (χ0) is 14.1. The molecule has 1 aliphatic rings. The van der Waals surface area contributed by atoms with Crippen molar-refractivity contribution < 1.29 is 0 Å². The van der Waals surface area contributed by atoms with E-state index in [1.165, 1.54) is 24.8 Å². The lowest BCUT2D eigenvalue weighted by molar-refractivity contribution is 0.285. The second kappa shape index (κ2) is 5.40. The molecule has 2 atom stereocenters. The minimum Gasteiger partial charge on any atom is -0.365 e. The third-order valence-corrected chi connectivity index (χ3v) is 4.40. The van der Waals surface area contributed by atoms with E-state index in [-0.39, 0.29) is 0 Å². The van der Waals surface area contributed by atoms with Gasteiger partial charge in [0, 0.05) is 18.3 Å². The Morgan fingerprint density at radius 1 is 1.35 bits per heavy atom. The molecule has 3 rings (SSSR count). The van der Waals surface area contributed by atoms with Crippen molar-refractivity contribution in [1.29, 1.82) is 0 Å². The van der Waals surface area contributed by atoms with Crippen LogP contribution in [0.5, 0.6) is 0 Å². The van der Waals surface area contributed by atoms with Crippen molar-refractivity contribution in [2.24, 2.45) is 0 Å². The topological polar surface area (TPSA) is 56.8 Å². The Labute approximate surface area is 119 Å². The Hall–Kier alpha value is -1.62. The van der Waals surface area contributed by atoms with Gasteiger partial charge in [0.1, 0.15) is 17.8 Å². The van der Waals surface area contributed by atoms with Gasteiger partial charge in [0.15, 0.2) is 0 Å². The molecule has 0 aliphatic heterocycles. The fraction of sp³-hybridized carbons (Fsp3) is 0.600. The lowest BCUT2D eigenvalue weighted by Gasteiger charge is -2.27. The van der Waals surface area contributed by atoms with Crippen LogP contribution in [0.15, 0.2) is 12.5 Å². The minimum absolute atomic E-state index is 0.475. The summed E-state index contributed by atoms with van der Waals surface area (Å²) in [5.74, 6) is 0.979. The quantitative estimate of drug-likeness (QED) is 0.898. The highest BCUT2D eigenvalue weighted by atomic mass is 15.2. The van der Waals surface area contributed by atoms with Gasteiger partial charge in [-0.3, -0.25) is 0 Å². The number of nitrogens with one attached hydrogen (secondary N) is 2. The summed E-state index contributed by atoms with van der Waals surface area (Å²) in [6.45, 7) is 2.16. The molecule has 0 aromatic carbocycles. The molecule has 5 nitrogen and oxygen atoms in total. The zero-order valence-electron chi connectivity index (χ0n) is 12.5. The number of anilines is 1. The fourth-order valence-electron chi connectivity index (χ4n) is 3.32. The molecular weight excluding hydrogens is 250 g/mol. The van der Waals surface area contributed by atoms with E-state index in [9.17, 15) is 0 Å². The van der Waals surface area contributed by atoms with E-state index >= 15 is 0 Å². The molecule has 2 N–H and O–H groups in total. The Kier molecular flexibility index (Phi) is 3.61. The van der Waals surface area contributed by atoms with E-state index in [0.29, 0.717) is 12.1 Å². The van der Waals surface area contributed by atoms with Gasteiger partial charge in [-0.2, -0.15) is 0 Å². The number of H-pyrrole nitrogens is 1. The van der Waals surface area contributed by atoms with E-state index in [1.54, 1.807) is 6.33 Å². The van der Waals surface area contributed by atoms with Crippen LogP contribution in [-0.4, -0.2) is 46.0 Å². The SMILES string of the molecule is CCc1c[nH]c2ncnc(N[C@H]3CCC[C@@H]3N(C)C)c12. The van der Waals surface area contributed by atoms with Crippen molar-refractivity contribution in [2.75, 3.05) is 19.4 Å². The molecule has 2 aromatic rings. The first-order valence-electron chi connectivity index (χ1n) is 7.44. The summed E-state index contributed by atoms with van der Waals surface area (Å²) in [6, 6.07) is 1.06. The fourth-order valence-corrected chi connectivity index (χ4v) is 3.32. The molecule has 1 aliphatic carbocycles. The predicted octanol–water partition coefficient (Wildman–Crippen LogP) is 2.41. The van der Waals surface area contributed by atoms with Crippen molar-refractivity contribution in [2.45, 2.75) is 44.7 Å². The van der Waals surface area contributed by atoms with Crippen molar-refractivity contribution in [1.82, 2.24) is 19.9 Å². The molecule has 1 saturated carbocycles. The smallest absolute Gasteiger partial charge is 0.143 e. The molecule has 0 saturated heterocycles. The van der Waals surface area contributed by atoms with Gasteiger partial charge in [-0.1, -0.05) is 6.92 Å². The summed E-state index contributed by atoms with van der Waals surface area (Å²) in [5, 5.41) is 4.82. The van der Waals surface area contributed by atoms with Gasteiger partial charge in [0.25, 0.3) is 0 Å². The molecular formula is C15H23N5. The van der Waals surface area contributed by atoms with E-state index < -0.39 is 0 Å². The number of aromatic amines is 1. The summed E-state index contributed by atoms with van der Waals surface area (Å²) >= 11 is 0. The number of likely N-dealkylation sites (N-methyl/N-ethyl adjacent to an activating group) is 1. The first-order valence-corrected chi connectivity index (χ1v) is 7.44. The van der Waals surface area contributed by atoms with E-state index in [4.69, 9.17) is 0 Å². The molecule has 0 amide bonds. The van der Waals surface area contributed by atoms with Crippen molar-refractivity contribution >= 4 is 16.9 Å². The maximum absolute atomic E-state index is 4.48. The van der Waals surface area contributed by atoms with Crippen LogP contribution in [0.1, 0.15) is 31.7 Å². The summed E-state index contributed by atoms with van der Waals surface area (Å²) in [5.41, 5.74) is 2.21. The van der Waals surface area contributed by atoms with Crippen LogP contribution in [0.4, 0.5) is 5.82 Å². The summed E-state index contributed by atoms with van der Waals surface area (Å²) in [6.07, 6.45) is 8.42. The van der Waals surface area contributed by atoms with Crippen LogP contribution in [0, 0.1) is 0 Å². The number of aromatic nitrogens is 3. The normalized spacial score (nSPS) is 22.8. The number of nitrogens with zero attached hydrogens (tertiary/aromatic N) is 3. The molecule has 5 heteroatoms. The average molecular weight is 273 g/mol. The Morgan fingerprint density at radius 2 is 2.20 bits per heavy atom. The summed E-state index contributed by atoms with van der Waals surface area (Å²) in [4.78, 5) is 14.4. The van der Waals surface area contributed by atoms with Gasteiger partial charge in [-0.05, 0) is 45.3 Å². The highest BCUT2D eigenvalue weighted by Crippen LogP contribution is 2.29. The van der Waals surface area contributed by atoms with Crippen LogP contribution >= 0.6 is 0 Å². The van der Waals surface area contributed by atoms with Gasteiger partial charge in [-0.15, -0.1) is 0 Å². The second-order valence-corrected chi connectivity index (χ2v) is 5.83. The second-order valence-electron chi connectivity index (χ2n) is 5.83. The minimum atomic E-state index is 0.475. The van der Waals surface area contributed by atoms with Crippen LogP contribution in [0.3, 0.4) is 0 Å². The molecule has 2 aromatic heterocycles. The Bertz CT molecular complexity index is 589. The molecule has 0 spiro atoms. The van der Waals surface area contributed by atoms with Crippen molar-refractivity contribution in [3.63, 3.8) is 0 Å². The zero-order valence-corrected chi connectivity index (χ0v) is 12.5. The van der Waals surface area contributed by atoms with Crippen LogP contribution in [0.2, 0.25) is 0 Å². The molecule has 2 heterocycles. The third kappa shape index (κ3) is 2.26. The van der Waals surface area contributed by atoms with Gasteiger partial charge in [-0.25, -0.2) is 9.97 Å². The van der Waals surface area contributed by atoms with Crippen LogP contribution < -0.4 is 5.32 Å². The Morgan fingerprint density at radius 3 is 2.95 bits per heavy atom. The van der Waals surface area contributed by atoms with Crippen molar-refractivity contribution in [3.8, 4) is 0 Å². The predicted molar refractivity (Wildman–Crippen MR) is 82.0 cm³/mol. The van der Waals surface area contributed by atoms with Crippen LogP contribution in [-0.2, 0) is 6.42 Å². The maximum atomic E-state index is 4.48. The molecule has 108 valence electrons. The standard InChI is InChI=1S/C15H23N5/c1-4-10-8-16-14-13(10)15(18-9-17-14)19-11-6-5-7-12(11)20(2)3/h8-9,11-12H,4-7H2,1-3H3,(H2,16,17,18,19)/t11-,12-/m0/s1. The first kappa shape index (κ1) is 13.4. The number of hydrogen-bond donors (Lipinski definition) is 2. The van der Waals surface area contributed by atoms with Gasteiger partial charge < -0.3 is 15.2 Å². The lowest BCUT2D eigenvalue weighted by atomic mass is 10.1. The van der Waals surface area contributed by atoms with Crippen molar-refractivity contribution in [3.05, 3.63) is 18.1 Å². The van der Waals surface area contributed by atoms with Gasteiger partial charge in [0.2, 0.25) is 0 Å². The summed E-state index contributed by atoms with van der Waals surface area (Å²) in [7, 11) is 4.32. The average Bonchev–Trinajstić information content (AvgIpc) is 3.05. The highest BCUT2D eigenvalue weighted by molar-refractivity contribution is 5.90. The van der Waals surface area contributed by atoms with Gasteiger partial charge in [0.05, 0.1) is 5.39 Å². The lowest BCUT2D eigenvalue weighted by Crippen LogP contribution is -2.39. The van der Waals surface area contributed by atoms with E-state index in [1.807, 2.05) is 6.20 Å². The third-order valence-electron chi connectivity index (χ3n) is 4.40. The number of hydrogen-bond acceptors (Lipinski definition) is 4. The Balaban J connectivity index is 1.92. The number of fused-ring (bicyclic) bond motifs is 1. The van der Waals surface area contributed by atoms with E-state index in [0.717, 1.165) is 23.3 Å². The molecule has 0 unspecified atom stereocenters. The monoisotopic (exact) mass is 273 g/mol. The van der Waals surface area contributed by atoms with Crippen LogP contribution in [0.25, 0.3) is 11.0 Å². The van der Waals surface area contributed by atoms with Gasteiger partial charge >= 0.3 is 0 Å². The maximum Gasteiger partial charge on any atom is 0.143 e. The molecule has 20 heavy (non-hydrogen) atoms. The highest BCUT2D eigenvalue weighted by Gasteiger charge is 2.29. The summed E-state index contributed by atoms with van der Waals surface area (Å²) < 4.78 is 0. The number of aryl methyl sites for hydroxylation is 1. The molecule has 0 bridgehead atoms. The number of rotatable bonds is 4. The molecule has 0 radical (unpaired) electrons. The first-order chi connectivity index (χ1) is 9.70. The van der Waals surface area contributed by atoms with E-state index in [2.05, 4.69) is 46.2 Å².